The van der Waals surface area contributed by atoms with Crippen LogP contribution in [0.15, 0.2) is 59.7 Å². The number of nitrogens with zero attached hydrogens (tertiary/aromatic N) is 5. The smallest absolute Gasteiger partial charge is 0.138 e. The van der Waals surface area contributed by atoms with Crippen LogP contribution in [0.2, 0.25) is 0 Å². The Balaban J connectivity index is 1.15. The number of fused-ring (bicyclic) bond motifs is 2. The summed E-state index contributed by atoms with van der Waals surface area (Å²) in [6, 6.07) is 8.38. The van der Waals surface area contributed by atoms with E-state index in [2.05, 4.69) is 61.7 Å². The molecule has 7 heteroatoms. The lowest BCUT2D eigenvalue weighted by Gasteiger charge is -2.20. The summed E-state index contributed by atoms with van der Waals surface area (Å²) < 4.78 is 11.3. The molecule has 1 unspecified atom stereocenters. The Morgan fingerprint density at radius 2 is 2.07 bits per heavy atom. The fourth-order valence-electron chi connectivity index (χ4n) is 4.06. The molecule has 5 heterocycles. The highest BCUT2D eigenvalue weighted by Gasteiger charge is 2.24. The Morgan fingerprint density at radius 3 is 3.00 bits per heavy atom. The van der Waals surface area contributed by atoms with Crippen molar-refractivity contribution < 1.29 is 4.74 Å². The molecule has 0 saturated carbocycles. The molecular weight excluding hydrogens is 430 g/mol. The monoisotopic (exact) mass is 453 g/mol. The van der Waals surface area contributed by atoms with Crippen LogP contribution >= 0.6 is 15.9 Å². The minimum absolute atomic E-state index is 0.152. The molecule has 0 bridgehead atoms. The topological polar surface area (TPSA) is 47.1 Å². The molecule has 0 aromatic carbocycles. The van der Waals surface area contributed by atoms with Crippen molar-refractivity contribution in [1.82, 2.24) is 18.8 Å². The van der Waals surface area contributed by atoms with Gasteiger partial charge in [0, 0.05) is 72.6 Å². The molecule has 0 N–H and O–H groups in total. The quantitative estimate of drug-likeness (QED) is 0.438. The van der Waals surface area contributed by atoms with E-state index in [0.717, 1.165) is 54.0 Å². The van der Waals surface area contributed by atoms with Crippen LogP contribution in [-0.2, 0) is 11.2 Å². The Hall–Kier alpha value is -2.38. The number of aromatic nitrogens is 4. The summed E-state index contributed by atoms with van der Waals surface area (Å²) in [5.41, 5.74) is 4.27. The van der Waals surface area contributed by atoms with E-state index in [1.54, 1.807) is 0 Å². The summed E-state index contributed by atoms with van der Waals surface area (Å²) in [6.07, 6.45) is 12.1. The minimum atomic E-state index is 0.152. The molecule has 0 spiro atoms. The number of hydrogen-bond acceptors (Lipinski definition) is 4. The van der Waals surface area contributed by atoms with Crippen molar-refractivity contribution in [3.05, 3.63) is 65.4 Å². The summed E-state index contributed by atoms with van der Waals surface area (Å²) >= 11 is 3.50. The van der Waals surface area contributed by atoms with E-state index in [4.69, 9.17) is 9.72 Å². The van der Waals surface area contributed by atoms with E-state index in [-0.39, 0.29) is 6.10 Å². The molecule has 150 valence electrons. The Morgan fingerprint density at radius 1 is 1.17 bits per heavy atom. The summed E-state index contributed by atoms with van der Waals surface area (Å²) in [5, 5.41) is 0. The molecule has 6 nitrogen and oxygen atoms in total. The average Bonchev–Trinajstić information content (AvgIpc) is 3.44. The molecule has 1 saturated heterocycles. The van der Waals surface area contributed by atoms with Crippen molar-refractivity contribution in [3.63, 3.8) is 0 Å². The van der Waals surface area contributed by atoms with E-state index >= 15 is 0 Å². The third-order valence-electron chi connectivity index (χ3n) is 5.62. The number of pyridine rings is 2. The first-order chi connectivity index (χ1) is 14.1. The molecule has 4 aromatic rings. The minimum Gasteiger partial charge on any atom is -0.378 e. The third kappa shape index (κ3) is 4.02. The maximum absolute atomic E-state index is 6.19. The Labute approximate surface area is 178 Å². The second-order valence-corrected chi connectivity index (χ2v) is 8.78. The maximum atomic E-state index is 6.19. The molecule has 0 radical (unpaired) electrons. The van der Waals surface area contributed by atoms with Crippen LogP contribution in [0.5, 0.6) is 0 Å². The van der Waals surface area contributed by atoms with Gasteiger partial charge in [0.15, 0.2) is 0 Å². The van der Waals surface area contributed by atoms with Gasteiger partial charge >= 0.3 is 0 Å². The zero-order chi connectivity index (χ0) is 19.8. The number of halogens is 1. The SMILES string of the molecule is C[C@H](Cc1cn2ccc(Br)cc2n1)OCC1CCN(c2ccn3ccnc3c2)C1. The summed E-state index contributed by atoms with van der Waals surface area (Å²) in [7, 11) is 0. The lowest BCUT2D eigenvalue weighted by Crippen LogP contribution is -2.23. The zero-order valence-electron chi connectivity index (χ0n) is 16.4. The predicted molar refractivity (Wildman–Crippen MR) is 118 cm³/mol. The average molecular weight is 454 g/mol. The highest BCUT2D eigenvalue weighted by Crippen LogP contribution is 2.25. The number of imidazole rings is 2. The molecule has 1 aliphatic rings. The van der Waals surface area contributed by atoms with E-state index in [1.807, 2.05) is 35.1 Å². The molecule has 0 aliphatic carbocycles. The summed E-state index contributed by atoms with van der Waals surface area (Å²) in [6.45, 7) is 5.04. The molecule has 4 aromatic heterocycles. The van der Waals surface area contributed by atoms with E-state index in [1.165, 1.54) is 5.69 Å². The van der Waals surface area contributed by atoms with Gasteiger partial charge in [0.05, 0.1) is 18.4 Å². The van der Waals surface area contributed by atoms with Gasteiger partial charge in [0.25, 0.3) is 0 Å². The van der Waals surface area contributed by atoms with Crippen molar-refractivity contribution in [2.45, 2.75) is 25.9 Å². The first-order valence-corrected chi connectivity index (χ1v) is 10.9. The highest BCUT2D eigenvalue weighted by molar-refractivity contribution is 9.10. The van der Waals surface area contributed by atoms with Crippen molar-refractivity contribution in [1.29, 1.82) is 0 Å². The van der Waals surface area contributed by atoms with Crippen LogP contribution in [0.3, 0.4) is 0 Å². The zero-order valence-corrected chi connectivity index (χ0v) is 18.0. The maximum Gasteiger partial charge on any atom is 0.138 e. The van der Waals surface area contributed by atoms with Crippen molar-refractivity contribution in [3.8, 4) is 0 Å². The van der Waals surface area contributed by atoms with Crippen LogP contribution < -0.4 is 4.90 Å². The number of anilines is 1. The molecular formula is C22H24BrN5O. The van der Waals surface area contributed by atoms with Gasteiger partial charge in [-0.2, -0.15) is 0 Å². The second kappa shape index (κ2) is 7.80. The molecule has 0 amide bonds. The predicted octanol–water partition coefficient (Wildman–Crippen LogP) is 4.22. The fourth-order valence-corrected chi connectivity index (χ4v) is 4.38. The van der Waals surface area contributed by atoms with Crippen molar-refractivity contribution in [2.24, 2.45) is 5.92 Å². The van der Waals surface area contributed by atoms with Crippen molar-refractivity contribution >= 4 is 32.9 Å². The Bertz CT molecular complexity index is 1140. The van der Waals surface area contributed by atoms with Crippen molar-refractivity contribution in [2.75, 3.05) is 24.6 Å². The van der Waals surface area contributed by atoms with Gasteiger partial charge in [-0.1, -0.05) is 15.9 Å². The lowest BCUT2D eigenvalue weighted by atomic mass is 10.1. The summed E-state index contributed by atoms with van der Waals surface area (Å²) in [5.74, 6) is 0.561. The fraction of sp³-hybridized carbons (Fsp3) is 0.364. The molecule has 29 heavy (non-hydrogen) atoms. The molecule has 1 aliphatic heterocycles. The largest absolute Gasteiger partial charge is 0.378 e. The van der Waals surface area contributed by atoms with Crippen LogP contribution in [0.25, 0.3) is 11.3 Å². The normalized spacial score (nSPS) is 18.1. The van der Waals surface area contributed by atoms with E-state index in [0.29, 0.717) is 5.92 Å². The van der Waals surface area contributed by atoms with Gasteiger partial charge in [-0.05, 0) is 31.5 Å². The molecule has 2 atom stereocenters. The van der Waals surface area contributed by atoms with Gasteiger partial charge in [0.1, 0.15) is 11.3 Å². The van der Waals surface area contributed by atoms with Gasteiger partial charge < -0.3 is 18.4 Å². The van der Waals surface area contributed by atoms with Crippen LogP contribution in [0.1, 0.15) is 19.0 Å². The van der Waals surface area contributed by atoms with E-state index in [9.17, 15) is 0 Å². The van der Waals surface area contributed by atoms with Crippen LogP contribution in [-0.4, -0.2) is 44.6 Å². The lowest BCUT2D eigenvalue weighted by molar-refractivity contribution is 0.0445. The second-order valence-electron chi connectivity index (χ2n) is 7.87. The summed E-state index contributed by atoms with van der Waals surface area (Å²) in [4.78, 5) is 11.5. The van der Waals surface area contributed by atoms with Gasteiger partial charge in [0.2, 0.25) is 0 Å². The highest BCUT2D eigenvalue weighted by atomic mass is 79.9. The molecule has 5 rings (SSSR count). The number of rotatable bonds is 6. The number of ether oxygens (including phenoxy) is 1. The number of hydrogen-bond donors (Lipinski definition) is 0. The van der Waals surface area contributed by atoms with Crippen LogP contribution in [0.4, 0.5) is 5.69 Å². The van der Waals surface area contributed by atoms with Gasteiger partial charge in [-0.15, -0.1) is 0 Å². The molecule has 1 fully saturated rings. The van der Waals surface area contributed by atoms with Crippen LogP contribution in [0, 0.1) is 5.92 Å². The van der Waals surface area contributed by atoms with Gasteiger partial charge in [-0.25, -0.2) is 9.97 Å². The third-order valence-corrected chi connectivity index (χ3v) is 6.11. The standard InChI is InChI=1S/C22H24BrN5O/c1-16(10-19-14-28-7-3-18(23)11-22(28)25-19)29-15-17-2-6-27(13-17)20-4-8-26-9-5-24-21(26)12-20/h3-5,7-9,11-12,14,16-17H,2,6,10,13,15H2,1H3/t16-,17?/m1/s1. The van der Waals surface area contributed by atoms with E-state index < -0.39 is 0 Å². The first kappa shape index (κ1) is 18.6. The first-order valence-electron chi connectivity index (χ1n) is 10.1. The van der Waals surface area contributed by atoms with Gasteiger partial charge in [-0.3, -0.25) is 0 Å². The Kier molecular flexibility index (Phi) is 5.01.